The Bertz CT molecular complexity index is 922. The summed E-state index contributed by atoms with van der Waals surface area (Å²) in [6.45, 7) is 4.83. The van der Waals surface area contributed by atoms with Gasteiger partial charge in [-0.2, -0.15) is 0 Å². The lowest BCUT2D eigenvalue weighted by Crippen LogP contribution is -2.39. The van der Waals surface area contributed by atoms with Crippen molar-refractivity contribution in [2.75, 3.05) is 12.9 Å². The van der Waals surface area contributed by atoms with Crippen molar-refractivity contribution in [2.24, 2.45) is 0 Å². The van der Waals surface area contributed by atoms with Gasteiger partial charge >= 0.3 is 0 Å². The molecule has 168 valence electrons. The van der Waals surface area contributed by atoms with Crippen LogP contribution in [0.4, 0.5) is 0 Å². The summed E-state index contributed by atoms with van der Waals surface area (Å²) in [6, 6.07) is 10.6. The fourth-order valence-corrected chi connectivity index (χ4v) is 4.72. The zero-order valence-corrected chi connectivity index (χ0v) is 19.5. The minimum absolute atomic E-state index is 0.0728. The van der Waals surface area contributed by atoms with Crippen molar-refractivity contribution >= 4 is 17.7 Å². The van der Waals surface area contributed by atoms with E-state index in [0.717, 1.165) is 38.5 Å². The molecule has 0 spiro atoms. The number of aromatic nitrogens is 2. The van der Waals surface area contributed by atoms with Gasteiger partial charge < -0.3 is 10.1 Å². The minimum atomic E-state index is -0.315. The van der Waals surface area contributed by atoms with Crippen molar-refractivity contribution in [3.05, 3.63) is 51.9 Å². The van der Waals surface area contributed by atoms with Crippen LogP contribution < -0.4 is 15.6 Å². The monoisotopic (exact) mass is 443 g/mol. The van der Waals surface area contributed by atoms with Crippen molar-refractivity contribution in [1.82, 2.24) is 14.9 Å². The number of rotatable bonds is 9. The van der Waals surface area contributed by atoms with Crippen LogP contribution in [-0.2, 0) is 6.54 Å². The summed E-state index contributed by atoms with van der Waals surface area (Å²) in [5.41, 5.74) is 1.20. The van der Waals surface area contributed by atoms with Crippen LogP contribution >= 0.6 is 11.8 Å². The number of hydrogen-bond donors (Lipinski definition) is 1. The van der Waals surface area contributed by atoms with E-state index in [1.807, 2.05) is 19.2 Å². The summed E-state index contributed by atoms with van der Waals surface area (Å²) in [6.07, 6.45) is 7.53. The number of benzene rings is 1. The average molecular weight is 444 g/mol. The molecule has 2 aromatic rings. The molecule has 1 aromatic heterocycles. The second kappa shape index (κ2) is 11.4. The van der Waals surface area contributed by atoms with E-state index in [0.29, 0.717) is 24.2 Å². The highest BCUT2D eigenvalue weighted by Gasteiger charge is 2.27. The third kappa shape index (κ3) is 5.70. The lowest BCUT2D eigenvalue weighted by Gasteiger charge is -2.29. The van der Waals surface area contributed by atoms with Gasteiger partial charge in [0, 0.05) is 12.6 Å². The first-order valence-corrected chi connectivity index (χ1v) is 12.5. The average Bonchev–Trinajstić information content (AvgIpc) is 2.80. The van der Waals surface area contributed by atoms with Gasteiger partial charge in [0.05, 0.1) is 6.61 Å². The lowest BCUT2D eigenvalue weighted by molar-refractivity contribution is 0.0913. The largest absolute Gasteiger partial charge is 0.486 e. The Morgan fingerprint density at radius 1 is 1.19 bits per heavy atom. The van der Waals surface area contributed by atoms with Crippen LogP contribution in [0.2, 0.25) is 0 Å². The quantitative estimate of drug-likeness (QED) is 0.348. The van der Waals surface area contributed by atoms with Gasteiger partial charge in [-0.3, -0.25) is 14.2 Å². The first-order valence-electron chi connectivity index (χ1n) is 11.3. The van der Waals surface area contributed by atoms with Gasteiger partial charge in [-0.15, -0.1) is 0 Å². The molecule has 3 rings (SSSR count). The predicted molar refractivity (Wildman–Crippen MR) is 125 cm³/mol. The summed E-state index contributed by atoms with van der Waals surface area (Å²) in [7, 11) is 0. The maximum atomic E-state index is 13.1. The van der Waals surface area contributed by atoms with Gasteiger partial charge in [-0.25, -0.2) is 4.98 Å². The number of ether oxygens (including phenoxy) is 1. The van der Waals surface area contributed by atoms with E-state index in [-0.39, 0.29) is 29.0 Å². The zero-order valence-electron chi connectivity index (χ0n) is 18.7. The molecule has 6 nitrogen and oxygen atoms in total. The number of carbonyl (C=O) groups is 1. The van der Waals surface area contributed by atoms with E-state index < -0.39 is 0 Å². The molecule has 0 saturated heterocycles. The van der Waals surface area contributed by atoms with Crippen LogP contribution in [0.1, 0.15) is 74.3 Å². The van der Waals surface area contributed by atoms with Gasteiger partial charge in [-0.1, -0.05) is 55.4 Å². The SMILES string of the molecule is CCCCOc1c(C(=O)N[C@H]2CC[C@@H](c3ccccc3)CC2)nc(SC)n(CC)c1=O. The van der Waals surface area contributed by atoms with E-state index in [9.17, 15) is 9.59 Å². The van der Waals surface area contributed by atoms with Crippen molar-refractivity contribution in [3.8, 4) is 5.75 Å². The molecule has 31 heavy (non-hydrogen) atoms. The second-order valence-electron chi connectivity index (χ2n) is 7.96. The molecule has 1 aliphatic carbocycles. The Labute approximate surface area is 188 Å². The number of nitrogens with one attached hydrogen (secondary N) is 1. The molecule has 1 heterocycles. The number of amides is 1. The fraction of sp³-hybridized carbons (Fsp3) is 0.542. The lowest BCUT2D eigenvalue weighted by atomic mass is 9.82. The number of nitrogens with zero attached hydrogens (tertiary/aromatic N) is 2. The Balaban J connectivity index is 1.74. The molecule has 0 radical (unpaired) electrons. The molecule has 0 atom stereocenters. The number of hydrogen-bond acceptors (Lipinski definition) is 5. The second-order valence-corrected chi connectivity index (χ2v) is 8.73. The smallest absolute Gasteiger partial charge is 0.297 e. The Morgan fingerprint density at radius 2 is 1.90 bits per heavy atom. The number of carbonyl (C=O) groups excluding carboxylic acids is 1. The summed E-state index contributed by atoms with van der Waals surface area (Å²) in [4.78, 5) is 30.6. The van der Waals surface area contributed by atoms with Gasteiger partial charge in [0.2, 0.25) is 5.75 Å². The van der Waals surface area contributed by atoms with Gasteiger partial charge in [-0.05, 0) is 56.8 Å². The van der Waals surface area contributed by atoms with Gasteiger partial charge in [0.1, 0.15) is 0 Å². The molecular weight excluding hydrogens is 410 g/mol. The topological polar surface area (TPSA) is 73.2 Å². The summed E-state index contributed by atoms with van der Waals surface area (Å²) in [5.74, 6) is 0.297. The van der Waals surface area contributed by atoms with E-state index in [1.54, 1.807) is 4.57 Å². The van der Waals surface area contributed by atoms with Gasteiger partial charge in [0.15, 0.2) is 10.9 Å². The molecule has 1 aromatic carbocycles. The van der Waals surface area contributed by atoms with E-state index in [1.165, 1.54) is 17.3 Å². The van der Waals surface area contributed by atoms with E-state index in [4.69, 9.17) is 4.74 Å². The molecule has 1 fully saturated rings. The van der Waals surface area contributed by atoms with E-state index in [2.05, 4.69) is 41.5 Å². The Kier molecular flexibility index (Phi) is 8.58. The van der Waals surface area contributed by atoms with Crippen molar-refractivity contribution in [3.63, 3.8) is 0 Å². The van der Waals surface area contributed by atoms with Crippen LogP contribution in [0, 0.1) is 0 Å². The molecule has 0 unspecified atom stereocenters. The predicted octanol–water partition coefficient (Wildman–Crippen LogP) is 4.62. The van der Waals surface area contributed by atoms with Crippen LogP contribution in [0.3, 0.4) is 0 Å². The molecule has 0 bridgehead atoms. The highest BCUT2D eigenvalue weighted by molar-refractivity contribution is 7.98. The highest BCUT2D eigenvalue weighted by Crippen LogP contribution is 2.33. The molecule has 7 heteroatoms. The minimum Gasteiger partial charge on any atom is -0.486 e. The maximum Gasteiger partial charge on any atom is 0.297 e. The first-order chi connectivity index (χ1) is 15.1. The summed E-state index contributed by atoms with van der Waals surface area (Å²) in [5, 5.41) is 3.65. The molecular formula is C24H33N3O3S. The molecule has 1 amide bonds. The van der Waals surface area contributed by atoms with Crippen LogP contribution in [0.15, 0.2) is 40.3 Å². The third-order valence-corrected chi connectivity index (χ3v) is 6.56. The Morgan fingerprint density at radius 3 is 2.52 bits per heavy atom. The van der Waals surface area contributed by atoms with Crippen LogP contribution in [0.5, 0.6) is 5.75 Å². The molecule has 1 aliphatic rings. The van der Waals surface area contributed by atoms with Crippen LogP contribution in [0.25, 0.3) is 0 Å². The van der Waals surface area contributed by atoms with E-state index >= 15 is 0 Å². The normalized spacial score (nSPS) is 18.5. The first kappa shape index (κ1) is 23.4. The third-order valence-electron chi connectivity index (χ3n) is 5.88. The molecule has 0 aliphatic heterocycles. The highest BCUT2D eigenvalue weighted by atomic mass is 32.2. The van der Waals surface area contributed by atoms with Crippen molar-refractivity contribution < 1.29 is 9.53 Å². The fourth-order valence-electron chi connectivity index (χ4n) is 4.10. The molecule has 1 N–H and O–H groups in total. The zero-order chi connectivity index (χ0) is 22.2. The van der Waals surface area contributed by atoms with Crippen LogP contribution in [-0.4, -0.2) is 34.4 Å². The summed E-state index contributed by atoms with van der Waals surface area (Å²) < 4.78 is 7.33. The van der Waals surface area contributed by atoms with Gasteiger partial charge in [0.25, 0.3) is 11.5 Å². The maximum absolute atomic E-state index is 13.1. The Hall–Kier alpha value is -2.28. The standard InChI is InChI=1S/C24H33N3O3S/c1-4-6-16-30-21-20(26-24(31-3)27(5-2)23(21)29)22(28)25-19-14-12-18(13-15-19)17-10-8-7-9-11-17/h7-11,18-19H,4-6,12-16H2,1-3H3,(H,25,28)/t18-,19+. The molecule has 1 saturated carbocycles. The van der Waals surface area contributed by atoms with Crippen molar-refractivity contribution in [2.45, 2.75) is 76.0 Å². The number of thioether (sulfide) groups is 1. The summed E-state index contributed by atoms with van der Waals surface area (Å²) >= 11 is 1.36. The van der Waals surface area contributed by atoms with Crippen molar-refractivity contribution in [1.29, 1.82) is 0 Å². The number of unbranched alkanes of at least 4 members (excludes halogenated alkanes) is 1.